The monoisotopic (exact) mass is 399 g/mol. The van der Waals surface area contributed by atoms with Crippen molar-refractivity contribution in [1.82, 2.24) is 4.98 Å². The van der Waals surface area contributed by atoms with Crippen molar-refractivity contribution < 1.29 is 9.47 Å². The first-order valence-corrected chi connectivity index (χ1v) is 10.2. The first-order chi connectivity index (χ1) is 13.7. The van der Waals surface area contributed by atoms with E-state index in [0.29, 0.717) is 18.2 Å². The molecule has 0 unspecified atom stereocenters. The van der Waals surface area contributed by atoms with Crippen LogP contribution in [0.15, 0.2) is 58.0 Å². The van der Waals surface area contributed by atoms with E-state index in [1.807, 2.05) is 13.8 Å². The van der Waals surface area contributed by atoms with Crippen LogP contribution < -0.4 is 10.2 Å². The van der Waals surface area contributed by atoms with Crippen molar-refractivity contribution in [2.24, 2.45) is 5.92 Å². The molecular formula is C25H37NO3. The van der Waals surface area contributed by atoms with Gasteiger partial charge in [0.25, 0.3) is 0 Å². The molecule has 0 aliphatic heterocycles. The predicted molar refractivity (Wildman–Crippen MR) is 123 cm³/mol. The zero-order chi connectivity index (χ0) is 22.0. The summed E-state index contributed by atoms with van der Waals surface area (Å²) < 4.78 is 10.8. The summed E-state index contributed by atoms with van der Waals surface area (Å²) in [6.07, 6.45) is 12.5. The van der Waals surface area contributed by atoms with Gasteiger partial charge in [-0.1, -0.05) is 48.5 Å². The normalized spacial score (nSPS) is 15.7. The Morgan fingerprint density at radius 2 is 1.93 bits per heavy atom. The van der Waals surface area contributed by atoms with Crippen molar-refractivity contribution >= 4 is 0 Å². The van der Waals surface area contributed by atoms with Crippen LogP contribution in [-0.2, 0) is 11.2 Å². The third-order valence-electron chi connectivity index (χ3n) is 5.22. The highest BCUT2D eigenvalue weighted by atomic mass is 16.5. The standard InChI is InChI=1S/C25H37NO3/c1-9-19(4)25(29-8)20(5)15-18(3)12-10-11-17(2)13-14-22-21(6)23(27)16-24(26-22)28-7/h9-10,12-13,15-16,20,25H,11,14H2,1-8H3,(H,26,27)/b12-10+,17-13+,18-15+,19-9+/t20-,25+/m1/s1. The second-order valence-corrected chi connectivity index (χ2v) is 7.63. The molecule has 4 heteroatoms. The fourth-order valence-corrected chi connectivity index (χ4v) is 3.30. The fourth-order valence-electron chi connectivity index (χ4n) is 3.30. The lowest BCUT2D eigenvalue weighted by Gasteiger charge is -2.21. The Kier molecular flexibility index (Phi) is 10.5. The number of H-pyrrole nitrogens is 1. The van der Waals surface area contributed by atoms with Gasteiger partial charge in [-0.25, -0.2) is 0 Å². The van der Waals surface area contributed by atoms with Crippen molar-refractivity contribution in [2.45, 2.75) is 60.5 Å². The van der Waals surface area contributed by atoms with Gasteiger partial charge in [-0.2, -0.15) is 0 Å². The third-order valence-corrected chi connectivity index (χ3v) is 5.22. The molecule has 0 aliphatic rings. The minimum absolute atomic E-state index is 0.000974. The maximum atomic E-state index is 12.0. The molecule has 1 heterocycles. The van der Waals surface area contributed by atoms with E-state index in [-0.39, 0.29) is 11.5 Å². The highest BCUT2D eigenvalue weighted by Crippen LogP contribution is 2.19. The van der Waals surface area contributed by atoms with Gasteiger partial charge >= 0.3 is 0 Å². The van der Waals surface area contributed by atoms with Crippen LogP contribution in [0.25, 0.3) is 0 Å². The summed E-state index contributed by atoms with van der Waals surface area (Å²) in [6, 6.07) is 1.49. The van der Waals surface area contributed by atoms with E-state index >= 15 is 0 Å². The highest BCUT2D eigenvalue weighted by Gasteiger charge is 2.15. The van der Waals surface area contributed by atoms with Crippen molar-refractivity contribution in [3.63, 3.8) is 0 Å². The van der Waals surface area contributed by atoms with E-state index in [4.69, 9.17) is 9.47 Å². The molecular weight excluding hydrogens is 362 g/mol. The molecule has 0 aliphatic carbocycles. The van der Waals surface area contributed by atoms with Gasteiger partial charge in [-0.15, -0.1) is 0 Å². The number of allylic oxidation sites excluding steroid dienone is 6. The lowest BCUT2D eigenvalue weighted by Crippen LogP contribution is -2.20. The third kappa shape index (κ3) is 7.90. The summed E-state index contributed by atoms with van der Waals surface area (Å²) in [4.78, 5) is 15.2. The van der Waals surface area contributed by atoms with Gasteiger partial charge in [-0.3, -0.25) is 4.79 Å². The fraction of sp³-hybridized carbons (Fsp3) is 0.480. The van der Waals surface area contributed by atoms with Crippen LogP contribution in [0.5, 0.6) is 5.88 Å². The van der Waals surface area contributed by atoms with Crippen LogP contribution in [-0.4, -0.2) is 25.3 Å². The summed E-state index contributed by atoms with van der Waals surface area (Å²) in [6.45, 7) is 12.4. The summed E-state index contributed by atoms with van der Waals surface area (Å²) in [7, 11) is 3.32. The maximum absolute atomic E-state index is 12.0. The van der Waals surface area contributed by atoms with Gasteiger partial charge in [0.2, 0.25) is 0 Å². The second kappa shape index (κ2) is 12.3. The molecule has 1 aromatic heterocycles. The molecule has 0 saturated heterocycles. The van der Waals surface area contributed by atoms with Crippen LogP contribution in [0.3, 0.4) is 0 Å². The average molecular weight is 400 g/mol. The number of hydrogen-bond donors (Lipinski definition) is 1. The topological polar surface area (TPSA) is 51.3 Å². The van der Waals surface area contributed by atoms with E-state index in [9.17, 15) is 4.79 Å². The van der Waals surface area contributed by atoms with Gasteiger partial charge in [-0.05, 0) is 46.6 Å². The van der Waals surface area contributed by atoms with Crippen LogP contribution >= 0.6 is 0 Å². The van der Waals surface area contributed by atoms with Crippen LogP contribution in [0.4, 0.5) is 0 Å². The van der Waals surface area contributed by atoms with E-state index in [1.165, 1.54) is 22.8 Å². The molecule has 1 rings (SSSR count). The van der Waals surface area contributed by atoms with Crippen LogP contribution in [0.1, 0.15) is 52.3 Å². The largest absolute Gasteiger partial charge is 0.482 e. The van der Waals surface area contributed by atoms with Crippen LogP contribution in [0.2, 0.25) is 0 Å². The Hall–Kier alpha value is -2.33. The molecule has 0 spiro atoms. The van der Waals surface area contributed by atoms with E-state index in [0.717, 1.165) is 17.7 Å². The molecule has 2 atom stereocenters. The van der Waals surface area contributed by atoms with Crippen molar-refractivity contribution in [3.8, 4) is 5.88 Å². The van der Waals surface area contributed by atoms with Crippen LogP contribution in [0, 0.1) is 12.8 Å². The lowest BCUT2D eigenvalue weighted by molar-refractivity contribution is 0.103. The summed E-state index contributed by atoms with van der Waals surface area (Å²) in [5.74, 6) is 0.810. The van der Waals surface area contributed by atoms with E-state index < -0.39 is 0 Å². The molecule has 0 saturated carbocycles. The summed E-state index contributed by atoms with van der Waals surface area (Å²) >= 11 is 0. The zero-order valence-electron chi connectivity index (χ0n) is 19.3. The van der Waals surface area contributed by atoms with Crippen molar-refractivity contribution in [3.05, 3.63) is 74.6 Å². The Labute approximate surface area is 176 Å². The Balaban J connectivity index is 2.74. The first kappa shape index (κ1) is 24.7. The molecule has 0 amide bonds. The van der Waals surface area contributed by atoms with Crippen molar-refractivity contribution in [2.75, 3.05) is 14.2 Å². The summed E-state index contributed by atoms with van der Waals surface area (Å²) in [5, 5.41) is 0. The molecule has 1 N–H and O–H groups in total. The highest BCUT2D eigenvalue weighted by molar-refractivity contribution is 5.27. The minimum Gasteiger partial charge on any atom is -0.482 e. The van der Waals surface area contributed by atoms with E-state index in [2.05, 4.69) is 63.1 Å². The predicted octanol–water partition coefficient (Wildman–Crippen LogP) is 5.69. The molecule has 0 radical (unpaired) electrons. The Bertz CT molecular complexity index is 840. The number of ether oxygens (including phenoxy) is 2. The Morgan fingerprint density at radius 1 is 1.24 bits per heavy atom. The number of hydrogen-bond acceptors (Lipinski definition) is 3. The van der Waals surface area contributed by atoms with Gasteiger partial charge in [0.15, 0.2) is 11.3 Å². The number of aromatic amines is 1. The first-order valence-electron chi connectivity index (χ1n) is 10.2. The maximum Gasteiger partial charge on any atom is 0.194 e. The second-order valence-electron chi connectivity index (χ2n) is 7.63. The van der Waals surface area contributed by atoms with Crippen molar-refractivity contribution in [1.29, 1.82) is 0 Å². The number of pyridine rings is 1. The average Bonchev–Trinajstić information content (AvgIpc) is 2.69. The van der Waals surface area contributed by atoms with Gasteiger partial charge < -0.3 is 14.5 Å². The molecule has 29 heavy (non-hydrogen) atoms. The zero-order valence-corrected chi connectivity index (χ0v) is 19.3. The van der Waals surface area contributed by atoms with Gasteiger partial charge in [0.1, 0.15) is 0 Å². The SMILES string of the molecule is C/C=C(\C)[C@H](OC)[C@H](C)/C=C(C)/C=C/C/C(C)=C/Cc1[nH]c(OC)cc(=O)c1C. The van der Waals surface area contributed by atoms with E-state index in [1.54, 1.807) is 14.2 Å². The smallest absolute Gasteiger partial charge is 0.194 e. The molecule has 0 bridgehead atoms. The molecule has 0 aromatic carbocycles. The Morgan fingerprint density at radius 3 is 2.52 bits per heavy atom. The van der Waals surface area contributed by atoms with Gasteiger partial charge in [0, 0.05) is 36.8 Å². The number of nitrogens with one attached hydrogen (secondary N) is 1. The molecule has 0 fully saturated rings. The number of methoxy groups -OCH3 is 2. The molecule has 1 aromatic rings. The minimum atomic E-state index is -0.000974. The lowest BCUT2D eigenvalue weighted by atomic mass is 9.95. The molecule has 4 nitrogen and oxygen atoms in total. The number of aromatic nitrogens is 1. The summed E-state index contributed by atoms with van der Waals surface area (Å²) in [5.41, 5.74) is 5.36. The quantitative estimate of drug-likeness (QED) is 0.406. The number of rotatable bonds is 10. The molecule has 160 valence electrons. The van der Waals surface area contributed by atoms with Gasteiger partial charge in [0.05, 0.1) is 13.2 Å².